The van der Waals surface area contributed by atoms with Crippen LogP contribution < -0.4 is 0 Å². The van der Waals surface area contributed by atoms with Crippen molar-refractivity contribution in [3.8, 4) is 0 Å². The van der Waals surface area contributed by atoms with Crippen molar-refractivity contribution < 1.29 is 9.90 Å². The van der Waals surface area contributed by atoms with Crippen LogP contribution in [0.15, 0.2) is 28.7 Å². The topological polar surface area (TPSA) is 40.5 Å². The van der Waals surface area contributed by atoms with E-state index in [-0.39, 0.29) is 6.42 Å². The third-order valence-corrected chi connectivity index (χ3v) is 4.54. The summed E-state index contributed by atoms with van der Waals surface area (Å²) in [6.07, 6.45) is 3.71. The summed E-state index contributed by atoms with van der Waals surface area (Å²) in [4.78, 5) is 13.6. The van der Waals surface area contributed by atoms with Crippen LogP contribution >= 0.6 is 15.9 Å². The fourth-order valence-corrected chi connectivity index (χ4v) is 3.15. The number of hydrogen-bond acceptors (Lipinski definition) is 2. The maximum atomic E-state index is 11.3. The van der Waals surface area contributed by atoms with Gasteiger partial charge in [0.2, 0.25) is 0 Å². The first-order chi connectivity index (χ1) is 9.02. The molecule has 2 rings (SSSR count). The number of rotatable bonds is 4. The molecule has 0 radical (unpaired) electrons. The Balaban J connectivity index is 2.32. The highest BCUT2D eigenvalue weighted by Crippen LogP contribution is 2.34. The van der Waals surface area contributed by atoms with Crippen molar-refractivity contribution in [2.24, 2.45) is 0 Å². The molecule has 1 heterocycles. The quantitative estimate of drug-likeness (QED) is 0.919. The van der Waals surface area contributed by atoms with Gasteiger partial charge < -0.3 is 5.11 Å². The highest BCUT2D eigenvalue weighted by Gasteiger charge is 2.36. The second-order valence-electron chi connectivity index (χ2n) is 5.40. The lowest BCUT2D eigenvalue weighted by molar-refractivity contribution is -0.140. The van der Waals surface area contributed by atoms with Crippen LogP contribution in [0.4, 0.5) is 0 Å². The van der Waals surface area contributed by atoms with Crippen LogP contribution in [0, 0.1) is 0 Å². The van der Waals surface area contributed by atoms with E-state index in [0.29, 0.717) is 0 Å². The minimum absolute atomic E-state index is 0.147. The van der Waals surface area contributed by atoms with Crippen molar-refractivity contribution in [1.82, 2.24) is 4.90 Å². The van der Waals surface area contributed by atoms with Gasteiger partial charge in [0.15, 0.2) is 0 Å². The summed E-state index contributed by atoms with van der Waals surface area (Å²) in [6, 6.07) is 8.03. The Morgan fingerprint density at radius 2 is 1.84 bits per heavy atom. The van der Waals surface area contributed by atoms with Gasteiger partial charge in [-0.15, -0.1) is 0 Å². The van der Waals surface area contributed by atoms with Gasteiger partial charge in [-0.1, -0.05) is 34.5 Å². The van der Waals surface area contributed by atoms with Crippen LogP contribution in [0.1, 0.15) is 38.2 Å². The van der Waals surface area contributed by atoms with E-state index in [1.54, 1.807) is 0 Å². The average Bonchev–Trinajstić information content (AvgIpc) is 2.39. The number of carbonyl (C=O) groups is 1. The van der Waals surface area contributed by atoms with Gasteiger partial charge in [-0.05, 0) is 50.6 Å². The van der Waals surface area contributed by atoms with Crippen LogP contribution in [0.5, 0.6) is 0 Å². The van der Waals surface area contributed by atoms with Crippen molar-refractivity contribution in [3.63, 3.8) is 0 Å². The molecule has 1 saturated heterocycles. The number of halogens is 1. The van der Waals surface area contributed by atoms with E-state index in [9.17, 15) is 9.90 Å². The first-order valence-corrected chi connectivity index (χ1v) is 7.54. The molecule has 1 aliphatic rings. The highest BCUT2D eigenvalue weighted by atomic mass is 79.9. The molecule has 0 amide bonds. The standard InChI is InChI=1S/C15H20BrNO2/c1-15(11-14(18)19,17-9-3-2-4-10-17)12-5-7-13(16)8-6-12/h5-8H,2-4,9-11H2,1H3,(H,18,19). The molecule has 1 aromatic carbocycles. The normalized spacial score (nSPS) is 19.9. The fourth-order valence-electron chi connectivity index (χ4n) is 2.89. The number of hydrogen-bond donors (Lipinski definition) is 1. The molecule has 0 spiro atoms. The maximum absolute atomic E-state index is 11.3. The minimum atomic E-state index is -0.740. The molecular weight excluding hydrogens is 306 g/mol. The predicted octanol–water partition coefficient (Wildman–Crippen LogP) is 3.62. The molecule has 19 heavy (non-hydrogen) atoms. The molecule has 3 nitrogen and oxygen atoms in total. The molecule has 1 N–H and O–H groups in total. The average molecular weight is 326 g/mol. The number of aliphatic carboxylic acids is 1. The first kappa shape index (κ1) is 14.5. The van der Waals surface area contributed by atoms with Gasteiger partial charge in [0.05, 0.1) is 12.0 Å². The van der Waals surface area contributed by atoms with Gasteiger partial charge in [-0.25, -0.2) is 0 Å². The van der Waals surface area contributed by atoms with Crippen molar-refractivity contribution >= 4 is 21.9 Å². The molecule has 104 valence electrons. The van der Waals surface area contributed by atoms with Gasteiger partial charge in [0.25, 0.3) is 0 Å². The lowest BCUT2D eigenvalue weighted by atomic mass is 9.85. The van der Waals surface area contributed by atoms with E-state index >= 15 is 0 Å². The molecule has 0 aliphatic carbocycles. The molecule has 0 bridgehead atoms. The first-order valence-electron chi connectivity index (χ1n) is 6.75. The summed E-state index contributed by atoms with van der Waals surface area (Å²) >= 11 is 3.43. The van der Waals surface area contributed by atoms with Crippen LogP contribution in [-0.2, 0) is 10.3 Å². The lowest BCUT2D eigenvalue weighted by Crippen LogP contribution is -2.47. The zero-order chi connectivity index (χ0) is 13.9. The summed E-state index contributed by atoms with van der Waals surface area (Å²) < 4.78 is 1.02. The van der Waals surface area contributed by atoms with E-state index in [2.05, 4.69) is 27.8 Å². The largest absolute Gasteiger partial charge is 0.481 e. The van der Waals surface area contributed by atoms with E-state index in [4.69, 9.17) is 0 Å². The summed E-state index contributed by atoms with van der Waals surface area (Å²) in [5.74, 6) is -0.740. The van der Waals surface area contributed by atoms with E-state index < -0.39 is 11.5 Å². The predicted molar refractivity (Wildman–Crippen MR) is 79.2 cm³/mol. The second-order valence-corrected chi connectivity index (χ2v) is 6.31. The number of nitrogens with zero attached hydrogens (tertiary/aromatic N) is 1. The van der Waals surface area contributed by atoms with Crippen LogP contribution in [0.2, 0.25) is 0 Å². The summed E-state index contributed by atoms with van der Waals surface area (Å²) in [5.41, 5.74) is 0.674. The number of carboxylic acids is 1. The Morgan fingerprint density at radius 1 is 1.26 bits per heavy atom. The molecule has 1 unspecified atom stereocenters. The number of piperidine rings is 1. The van der Waals surface area contributed by atoms with Gasteiger partial charge in [0.1, 0.15) is 0 Å². The third-order valence-electron chi connectivity index (χ3n) is 4.02. The van der Waals surface area contributed by atoms with Crippen molar-refractivity contribution in [3.05, 3.63) is 34.3 Å². The van der Waals surface area contributed by atoms with Gasteiger partial charge >= 0.3 is 5.97 Å². The lowest BCUT2D eigenvalue weighted by Gasteiger charge is -2.43. The van der Waals surface area contributed by atoms with Crippen molar-refractivity contribution in [2.75, 3.05) is 13.1 Å². The second kappa shape index (κ2) is 6.06. The number of carboxylic acid groups (broad SMARTS) is 1. The maximum Gasteiger partial charge on any atom is 0.305 e. The Morgan fingerprint density at radius 3 is 2.37 bits per heavy atom. The smallest absolute Gasteiger partial charge is 0.305 e. The fraction of sp³-hybridized carbons (Fsp3) is 0.533. The molecule has 1 aliphatic heterocycles. The van der Waals surface area contributed by atoms with Gasteiger partial charge in [-0.2, -0.15) is 0 Å². The molecule has 4 heteroatoms. The Labute approximate surface area is 122 Å². The monoisotopic (exact) mass is 325 g/mol. The Bertz CT molecular complexity index is 440. The third kappa shape index (κ3) is 3.37. The molecular formula is C15H20BrNO2. The van der Waals surface area contributed by atoms with E-state index in [0.717, 1.165) is 36.0 Å². The van der Waals surface area contributed by atoms with Crippen molar-refractivity contribution in [1.29, 1.82) is 0 Å². The Kier molecular flexibility index (Phi) is 4.63. The summed E-state index contributed by atoms with van der Waals surface area (Å²) in [7, 11) is 0. The van der Waals surface area contributed by atoms with Gasteiger partial charge in [0, 0.05) is 4.47 Å². The summed E-state index contributed by atoms with van der Waals surface area (Å²) in [5, 5.41) is 9.26. The molecule has 1 fully saturated rings. The number of likely N-dealkylation sites (tertiary alicyclic amines) is 1. The number of benzene rings is 1. The Hall–Kier alpha value is -0.870. The minimum Gasteiger partial charge on any atom is -0.481 e. The molecule has 1 atom stereocenters. The van der Waals surface area contributed by atoms with Gasteiger partial charge in [-0.3, -0.25) is 9.69 Å². The zero-order valence-corrected chi connectivity index (χ0v) is 12.8. The van der Waals surface area contributed by atoms with Crippen LogP contribution in [0.25, 0.3) is 0 Å². The SMILES string of the molecule is CC(CC(=O)O)(c1ccc(Br)cc1)N1CCCCC1. The highest BCUT2D eigenvalue weighted by molar-refractivity contribution is 9.10. The molecule has 0 saturated carbocycles. The summed E-state index contributed by atoms with van der Waals surface area (Å²) in [6.45, 7) is 4.02. The van der Waals surface area contributed by atoms with Crippen molar-refractivity contribution in [2.45, 2.75) is 38.1 Å². The molecule has 0 aromatic heterocycles. The van der Waals surface area contributed by atoms with Crippen LogP contribution in [0.3, 0.4) is 0 Å². The van der Waals surface area contributed by atoms with E-state index in [1.807, 2.05) is 24.3 Å². The molecule has 1 aromatic rings. The van der Waals surface area contributed by atoms with E-state index in [1.165, 1.54) is 6.42 Å². The zero-order valence-electron chi connectivity index (χ0n) is 11.2. The van der Waals surface area contributed by atoms with Crippen LogP contribution in [-0.4, -0.2) is 29.1 Å².